The Kier molecular flexibility index (Phi) is 5.09. The van der Waals surface area contributed by atoms with Gasteiger partial charge in [-0.15, -0.1) is 0 Å². The summed E-state index contributed by atoms with van der Waals surface area (Å²) in [5.74, 6) is 1.21. The highest BCUT2D eigenvalue weighted by Crippen LogP contribution is 2.33. The van der Waals surface area contributed by atoms with Crippen LogP contribution in [0.2, 0.25) is 0 Å². The molecule has 3 nitrogen and oxygen atoms in total. The van der Waals surface area contributed by atoms with Gasteiger partial charge < -0.3 is 10.2 Å². The Bertz CT molecular complexity index is 200. The molecule has 0 aromatic rings. The summed E-state index contributed by atoms with van der Waals surface area (Å²) in [5, 5.41) is 3.48. The molecular formula is C12H24N2O. The molecule has 3 heteroatoms. The smallest absolute Gasteiger partial charge is 0.222 e. The van der Waals surface area contributed by atoms with Gasteiger partial charge >= 0.3 is 0 Å². The molecule has 1 fully saturated rings. The summed E-state index contributed by atoms with van der Waals surface area (Å²) in [6.07, 6.45) is 5.76. The second-order valence-electron chi connectivity index (χ2n) is 4.93. The van der Waals surface area contributed by atoms with Crippen molar-refractivity contribution in [1.82, 2.24) is 10.2 Å². The van der Waals surface area contributed by atoms with Gasteiger partial charge in [-0.1, -0.05) is 12.8 Å². The summed E-state index contributed by atoms with van der Waals surface area (Å²) < 4.78 is 0. The molecule has 0 aromatic carbocycles. The van der Waals surface area contributed by atoms with Gasteiger partial charge in [0, 0.05) is 26.6 Å². The van der Waals surface area contributed by atoms with Gasteiger partial charge in [0.05, 0.1) is 0 Å². The largest absolute Gasteiger partial charge is 0.349 e. The van der Waals surface area contributed by atoms with E-state index in [0.29, 0.717) is 12.5 Å². The van der Waals surface area contributed by atoms with Crippen LogP contribution in [0.25, 0.3) is 0 Å². The molecule has 0 heterocycles. The molecule has 0 aliphatic heterocycles. The molecule has 0 spiro atoms. The highest BCUT2D eigenvalue weighted by molar-refractivity contribution is 5.75. The van der Waals surface area contributed by atoms with E-state index in [0.717, 1.165) is 18.9 Å². The highest BCUT2D eigenvalue weighted by atomic mass is 16.2. The molecule has 1 rings (SSSR count). The van der Waals surface area contributed by atoms with Gasteiger partial charge in [-0.3, -0.25) is 4.79 Å². The summed E-state index contributed by atoms with van der Waals surface area (Å²) in [5.41, 5.74) is 0. The first-order chi connectivity index (χ1) is 7.09. The molecule has 0 aromatic heterocycles. The fourth-order valence-electron chi connectivity index (χ4n) is 1.75. The van der Waals surface area contributed by atoms with Gasteiger partial charge in [0.15, 0.2) is 0 Å². The Morgan fingerprint density at radius 3 is 2.67 bits per heavy atom. The Labute approximate surface area is 93.2 Å². The number of amides is 1. The average Bonchev–Trinajstić information content (AvgIpc) is 2.95. The number of hydrogen-bond donors (Lipinski definition) is 1. The highest BCUT2D eigenvalue weighted by Gasteiger charge is 2.23. The van der Waals surface area contributed by atoms with E-state index >= 15 is 0 Å². The summed E-state index contributed by atoms with van der Waals surface area (Å²) in [6, 6.07) is 0.618. The lowest BCUT2D eigenvalue weighted by Crippen LogP contribution is -2.29. The summed E-state index contributed by atoms with van der Waals surface area (Å²) >= 11 is 0. The molecule has 0 saturated heterocycles. The van der Waals surface area contributed by atoms with E-state index in [2.05, 4.69) is 12.2 Å². The van der Waals surface area contributed by atoms with Crippen LogP contribution in [0.5, 0.6) is 0 Å². The molecule has 1 amide bonds. The van der Waals surface area contributed by atoms with Gasteiger partial charge in [0.1, 0.15) is 0 Å². The number of carbonyl (C=O) groups is 1. The second kappa shape index (κ2) is 6.11. The van der Waals surface area contributed by atoms with E-state index in [9.17, 15) is 4.79 Å². The number of carbonyl (C=O) groups excluding carboxylic acids is 1. The molecule has 1 aliphatic carbocycles. The lowest BCUT2D eigenvalue weighted by molar-refractivity contribution is -0.128. The van der Waals surface area contributed by atoms with E-state index in [1.807, 2.05) is 14.1 Å². The molecule has 1 unspecified atom stereocenters. The second-order valence-corrected chi connectivity index (χ2v) is 4.93. The minimum absolute atomic E-state index is 0.228. The first-order valence-electron chi connectivity index (χ1n) is 6.03. The molecule has 0 radical (unpaired) electrons. The molecule has 88 valence electrons. The van der Waals surface area contributed by atoms with Crippen molar-refractivity contribution in [3.8, 4) is 0 Å². The molecule has 15 heavy (non-hydrogen) atoms. The molecule has 1 aliphatic rings. The lowest BCUT2D eigenvalue weighted by Gasteiger charge is -2.14. The van der Waals surface area contributed by atoms with Crippen LogP contribution in [0.4, 0.5) is 0 Å². The molecule has 1 N–H and O–H groups in total. The maximum Gasteiger partial charge on any atom is 0.222 e. The summed E-state index contributed by atoms with van der Waals surface area (Å²) in [7, 11) is 3.62. The first-order valence-corrected chi connectivity index (χ1v) is 6.03. The standard InChI is InChI=1S/C12H24N2O/c1-10(9-11-6-7-11)13-8-4-5-12(15)14(2)3/h10-11,13H,4-9H2,1-3H3. The van der Waals surface area contributed by atoms with Crippen LogP contribution < -0.4 is 5.32 Å². The number of rotatable bonds is 7. The monoisotopic (exact) mass is 212 g/mol. The van der Waals surface area contributed by atoms with Crippen molar-refractivity contribution in [2.45, 2.75) is 45.1 Å². The van der Waals surface area contributed by atoms with E-state index in [-0.39, 0.29) is 5.91 Å². The van der Waals surface area contributed by atoms with Gasteiger partial charge in [0.25, 0.3) is 0 Å². The van der Waals surface area contributed by atoms with Crippen LogP contribution >= 0.6 is 0 Å². The van der Waals surface area contributed by atoms with Gasteiger partial charge in [-0.2, -0.15) is 0 Å². The maximum atomic E-state index is 11.3. The maximum absolute atomic E-state index is 11.3. The van der Waals surface area contributed by atoms with Crippen molar-refractivity contribution in [2.75, 3.05) is 20.6 Å². The number of hydrogen-bond acceptors (Lipinski definition) is 2. The van der Waals surface area contributed by atoms with Crippen molar-refractivity contribution in [3.05, 3.63) is 0 Å². The zero-order chi connectivity index (χ0) is 11.3. The topological polar surface area (TPSA) is 32.3 Å². The van der Waals surface area contributed by atoms with Crippen LogP contribution in [0.1, 0.15) is 39.0 Å². The predicted octanol–water partition coefficient (Wildman–Crippen LogP) is 1.63. The molecule has 1 atom stereocenters. The SMILES string of the molecule is CC(CC1CC1)NCCCC(=O)N(C)C. The predicted molar refractivity (Wildman–Crippen MR) is 62.7 cm³/mol. The van der Waals surface area contributed by atoms with Crippen molar-refractivity contribution in [3.63, 3.8) is 0 Å². The first kappa shape index (κ1) is 12.5. The lowest BCUT2D eigenvalue weighted by atomic mass is 10.1. The van der Waals surface area contributed by atoms with Crippen LogP contribution in [-0.2, 0) is 4.79 Å². The Morgan fingerprint density at radius 1 is 1.47 bits per heavy atom. The minimum Gasteiger partial charge on any atom is -0.349 e. The van der Waals surface area contributed by atoms with Crippen LogP contribution in [0.3, 0.4) is 0 Å². The van der Waals surface area contributed by atoms with Crippen molar-refractivity contribution >= 4 is 5.91 Å². The van der Waals surface area contributed by atoms with E-state index < -0.39 is 0 Å². The third kappa shape index (κ3) is 5.78. The Morgan fingerprint density at radius 2 is 2.13 bits per heavy atom. The van der Waals surface area contributed by atoms with Crippen molar-refractivity contribution in [1.29, 1.82) is 0 Å². The van der Waals surface area contributed by atoms with Crippen molar-refractivity contribution in [2.24, 2.45) is 5.92 Å². The molecule has 1 saturated carbocycles. The molecule has 0 bridgehead atoms. The quantitative estimate of drug-likeness (QED) is 0.651. The van der Waals surface area contributed by atoms with Gasteiger partial charge in [-0.05, 0) is 32.2 Å². The van der Waals surface area contributed by atoms with Crippen molar-refractivity contribution < 1.29 is 4.79 Å². The summed E-state index contributed by atoms with van der Waals surface area (Å²) in [4.78, 5) is 12.9. The van der Waals surface area contributed by atoms with E-state index in [4.69, 9.17) is 0 Å². The Hall–Kier alpha value is -0.570. The fourth-order valence-corrected chi connectivity index (χ4v) is 1.75. The molecular weight excluding hydrogens is 188 g/mol. The number of nitrogens with one attached hydrogen (secondary N) is 1. The third-order valence-corrected chi connectivity index (χ3v) is 2.94. The normalized spacial score (nSPS) is 17.5. The average molecular weight is 212 g/mol. The van der Waals surface area contributed by atoms with Crippen LogP contribution in [0, 0.1) is 5.92 Å². The van der Waals surface area contributed by atoms with E-state index in [1.165, 1.54) is 19.3 Å². The zero-order valence-electron chi connectivity index (χ0n) is 10.3. The Balaban J connectivity index is 1.93. The van der Waals surface area contributed by atoms with Gasteiger partial charge in [-0.25, -0.2) is 0 Å². The van der Waals surface area contributed by atoms with Crippen LogP contribution in [-0.4, -0.2) is 37.5 Å². The number of nitrogens with zero attached hydrogens (tertiary/aromatic N) is 1. The fraction of sp³-hybridized carbons (Fsp3) is 0.917. The van der Waals surface area contributed by atoms with E-state index in [1.54, 1.807) is 4.90 Å². The van der Waals surface area contributed by atoms with Crippen LogP contribution in [0.15, 0.2) is 0 Å². The minimum atomic E-state index is 0.228. The van der Waals surface area contributed by atoms with Gasteiger partial charge in [0.2, 0.25) is 5.91 Å². The summed E-state index contributed by atoms with van der Waals surface area (Å²) in [6.45, 7) is 3.21. The zero-order valence-corrected chi connectivity index (χ0v) is 10.3. The third-order valence-electron chi connectivity index (χ3n) is 2.94.